The average Bonchev–Trinajstić information content (AvgIpc) is 2.59. The molecule has 1 aromatic carbocycles. The average molecular weight is 325 g/mol. The van der Waals surface area contributed by atoms with Gasteiger partial charge in [0.1, 0.15) is 0 Å². The minimum absolute atomic E-state index is 0.256. The summed E-state index contributed by atoms with van der Waals surface area (Å²) in [5.74, 6) is -0.380. The van der Waals surface area contributed by atoms with Gasteiger partial charge in [-0.2, -0.15) is 0 Å². The van der Waals surface area contributed by atoms with Crippen molar-refractivity contribution in [1.82, 2.24) is 15.8 Å². The first-order valence-corrected chi connectivity index (χ1v) is 8.06. The third kappa shape index (κ3) is 4.91. The number of hydrogen-bond acceptors (Lipinski definition) is 3. The second-order valence-corrected chi connectivity index (χ2v) is 6.24. The molecule has 0 aliphatic carbocycles. The smallest absolute Gasteiger partial charge is 0.269 e. The minimum Gasteiger partial charge on any atom is -0.273 e. The molecule has 1 heterocycles. The lowest BCUT2D eigenvalue weighted by molar-refractivity contribution is -0.123. The van der Waals surface area contributed by atoms with Crippen LogP contribution in [0, 0.1) is 5.92 Å². The number of hydrogen-bond donors (Lipinski definition) is 2. The Morgan fingerprint density at radius 2 is 1.58 bits per heavy atom. The van der Waals surface area contributed by atoms with Crippen LogP contribution in [0.5, 0.6) is 0 Å². The minimum atomic E-state index is -0.370. The fraction of sp³-hybridized carbons (Fsp3) is 0.316. The van der Waals surface area contributed by atoms with Crippen molar-refractivity contribution in [3.8, 4) is 0 Å². The van der Waals surface area contributed by atoms with Gasteiger partial charge in [-0.3, -0.25) is 25.4 Å². The van der Waals surface area contributed by atoms with E-state index in [2.05, 4.69) is 41.8 Å². The normalized spacial score (nSPS) is 11.8. The van der Waals surface area contributed by atoms with Crippen molar-refractivity contribution in [2.45, 2.75) is 33.1 Å². The van der Waals surface area contributed by atoms with E-state index in [0.717, 1.165) is 12.0 Å². The number of nitrogens with one attached hydrogen (secondary N) is 2. The number of aromatic nitrogens is 1. The van der Waals surface area contributed by atoms with Gasteiger partial charge in [-0.25, -0.2) is 0 Å². The first kappa shape index (κ1) is 17.7. The van der Waals surface area contributed by atoms with Gasteiger partial charge < -0.3 is 0 Å². The predicted octanol–water partition coefficient (Wildman–Crippen LogP) is 2.84. The molecule has 0 spiro atoms. The lowest BCUT2D eigenvalue weighted by Crippen LogP contribution is -2.43. The van der Waals surface area contributed by atoms with Crippen LogP contribution in [-0.4, -0.2) is 16.8 Å². The molecule has 2 rings (SSSR count). The largest absolute Gasteiger partial charge is 0.273 e. The Balaban J connectivity index is 1.91. The van der Waals surface area contributed by atoms with Crippen LogP contribution in [0.25, 0.3) is 0 Å². The van der Waals surface area contributed by atoms with Gasteiger partial charge in [-0.1, -0.05) is 38.1 Å². The quantitative estimate of drug-likeness (QED) is 0.830. The highest BCUT2D eigenvalue weighted by Crippen LogP contribution is 2.17. The van der Waals surface area contributed by atoms with E-state index in [9.17, 15) is 9.59 Å². The zero-order valence-electron chi connectivity index (χ0n) is 14.2. The van der Waals surface area contributed by atoms with E-state index in [4.69, 9.17) is 0 Å². The van der Waals surface area contributed by atoms with Crippen molar-refractivity contribution in [2.75, 3.05) is 0 Å². The van der Waals surface area contributed by atoms with Crippen LogP contribution in [0.4, 0.5) is 0 Å². The first-order valence-electron chi connectivity index (χ1n) is 8.06. The maximum absolute atomic E-state index is 12.2. The maximum atomic E-state index is 12.2. The zero-order chi connectivity index (χ0) is 17.5. The monoisotopic (exact) mass is 325 g/mol. The lowest BCUT2D eigenvalue weighted by atomic mass is 9.96. The third-order valence-electron chi connectivity index (χ3n) is 3.76. The molecule has 0 saturated heterocycles. The maximum Gasteiger partial charge on any atom is 0.269 e. The summed E-state index contributed by atoms with van der Waals surface area (Å²) >= 11 is 0. The number of benzene rings is 1. The molecule has 2 amide bonds. The van der Waals surface area contributed by atoms with E-state index < -0.39 is 0 Å². The summed E-state index contributed by atoms with van der Waals surface area (Å²) in [5.41, 5.74) is 7.50. The van der Waals surface area contributed by atoms with E-state index in [1.165, 1.54) is 18.0 Å². The fourth-order valence-corrected chi connectivity index (χ4v) is 2.37. The van der Waals surface area contributed by atoms with E-state index >= 15 is 0 Å². The number of carbonyl (C=O) groups excluding carboxylic acids is 2. The second kappa shape index (κ2) is 8.24. The number of hydrazine groups is 1. The predicted molar refractivity (Wildman–Crippen MR) is 93.2 cm³/mol. The van der Waals surface area contributed by atoms with Crippen molar-refractivity contribution in [1.29, 1.82) is 0 Å². The number of carbonyl (C=O) groups is 2. The van der Waals surface area contributed by atoms with Crippen LogP contribution in [-0.2, 0) is 11.2 Å². The summed E-state index contributed by atoms with van der Waals surface area (Å²) in [6.45, 7) is 6.16. The summed E-state index contributed by atoms with van der Waals surface area (Å²) in [4.78, 5) is 28.0. The van der Waals surface area contributed by atoms with Gasteiger partial charge in [0.05, 0.1) is 5.92 Å². The summed E-state index contributed by atoms with van der Waals surface area (Å²) in [6, 6.07) is 11.2. The zero-order valence-corrected chi connectivity index (χ0v) is 14.2. The molecule has 0 radical (unpaired) electrons. The number of pyridine rings is 1. The van der Waals surface area contributed by atoms with Crippen LogP contribution in [0.15, 0.2) is 48.8 Å². The molecule has 0 aliphatic rings. The van der Waals surface area contributed by atoms with Crippen molar-refractivity contribution in [3.05, 3.63) is 65.5 Å². The van der Waals surface area contributed by atoms with E-state index in [1.807, 2.05) is 19.1 Å². The van der Waals surface area contributed by atoms with Crippen LogP contribution >= 0.6 is 0 Å². The Bertz CT molecular complexity index is 682. The van der Waals surface area contributed by atoms with Crippen molar-refractivity contribution in [2.24, 2.45) is 5.92 Å². The highest BCUT2D eigenvalue weighted by Gasteiger charge is 2.16. The Kier molecular flexibility index (Phi) is 6.07. The lowest BCUT2D eigenvalue weighted by Gasteiger charge is -2.14. The molecule has 1 unspecified atom stereocenters. The van der Waals surface area contributed by atoms with Crippen molar-refractivity contribution >= 4 is 11.8 Å². The van der Waals surface area contributed by atoms with E-state index in [-0.39, 0.29) is 17.7 Å². The molecule has 1 atom stereocenters. The Hall–Kier alpha value is -2.69. The third-order valence-corrected chi connectivity index (χ3v) is 3.76. The molecule has 126 valence electrons. The van der Waals surface area contributed by atoms with Gasteiger partial charge in [0.15, 0.2) is 0 Å². The highest BCUT2D eigenvalue weighted by atomic mass is 16.2. The van der Waals surface area contributed by atoms with Gasteiger partial charge in [0.2, 0.25) is 5.91 Å². The van der Waals surface area contributed by atoms with Gasteiger partial charge in [0, 0.05) is 18.0 Å². The topological polar surface area (TPSA) is 71.1 Å². The standard InChI is InChI=1S/C19H23N3O2/c1-13(2)12-15-4-6-16(7-5-15)14(3)18(23)21-22-19(24)17-8-10-20-11-9-17/h4-11,13-14H,12H2,1-3H3,(H,21,23)(H,22,24). The molecule has 5 heteroatoms. The molecule has 0 fully saturated rings. The van der Waals surface area contributed by atoms with Crippen LogP contribution < -0.4 is 10.9 Å². The highest BCUT2D eigenvalue weighted by molar-refractivity contribution is 5.95. The summed E-state index contributed by atoms with van der Waals surface area (Å²) in [7, 11) is 0. The Morgan fingerprint density at radius 1 is 0.958 bits per heavy atom. The van der Waals surface area contributed by atoms with Gasteiger partial charge in [-0.05, 0) is 42.5 Å². The summed E-state index contributed by atoms with van der Waals surface area (Å²) in [5, 5.41) is 0. The SMILES string of the molecule is CC(C)Cc1ccc(C(C)C(=O)NNC(=O)c2ccncc2)cc1. The number of amides is 2. The van der Waals surface area contributed by atoms with Gasteiger partial charge in [0.25, 0.3) is 5.91 Å². The molecule has 0 aliphatic heterocycles. The molecular formula is C19H23N3O2. The Morgan fingerprint density at radius 3 is 2.17 bits per heavy atom. The van der Waals surface area contributed by atoms with Crippen LogP contribution in [0.2, 0.25) is 0 Å². The molecule has 2 aromatic rings. The summed E-state index contributed by atoms with van der Waals surface area (Å²) < 4.78 is 0. The fourth-order valence-electron chi connectivity index (χ4n) is 2.37. The molecule has 5 nitrogen and oxygen atoms in total. The van der Waals surface area contributed by atoms with Crippen LogP contribution in [0.1, 0.15) is 48.2 Å². The van der Waals surface area contributed by atoms with Crippen LogP contribution in [0.3, 0.4) is 0 Å². The summed E-state index contributed by atoms with van der Waals surface area (Å²) in [6.07, 6.45) is 4.07. The molecule has 0 saturated carbocycles. The van der Waals surface area contributed by atoms with Crippen molar-refractivity contribution in [3.63, 3.8) is 0 Å². The molecule has 1 aromatic heterocycles. The second-order valence-electron chi connectivity index (χ2n) is 6.24. The molecular weight excluding hydrogens is 302 g/mol. The molecule has 2 N–H and O–H groups in total. The van der Waals surface area contributed by atoms with Gasteiger partial charge in [-0.15, -0.1) is 0 Å². The molecule has 24 heavy (non-hydrogen) atoms. The van der Waals surface area contributed by atoms with E-state index in [0.29, 0.717) is 11.5 Å². The van der Waals surface area contributed by atoms with Gasteiger partial charge >= 0.3 is 0 Å². The molecule has 0 bridgehead atoms. The number of nitrogens with zero attached hydrogens (tertiary/aromatic N) is 1. The van der Waals surface area contributed by atoms with Crippen molar-refractivity contribution < 1.29 is 9.59 Å². The first-order chi connectivity index (χ1) is 11.5. The van der Waals surface area contributed by atoms with E-state index in [1.54, 1.807) is 12.1 Å². The Labute approximate surface area is 142 Å². The number of rotatable bonds is 5.